The summed E-state index contributed by atoms with van der Waals surface area (Å²) in [6.45, 7) is 22.5. The van der Waals surface area contributed by atoms with Gasteiger partial charge < -0.3 is 23.7 Å². The van der Waals surface area contributed by atoms with E-state index in [-0.39, 0.29) is 34.0 Å². The molecule has 0 saturated carbocycles. The van der Waals surface area contributed by atoms with Crippen molar-refractivity contribution in [3.63, 3.8) is 0 Å². The minimum atomic E-state index is -1.84. The molecule has 0 radical (unpaired) electrons. The number of hydrogen-bond acceptors (Lipinski definition) is 8. The number of ether oxygens (including phenoxy) is 2. The van der Waals surface area contributed by atoms with E-state index in [1.165, 1.54) is 4.90 Å². The van der Waals surface area contributed by atoms with Gasteiger partial charge in [-0.2, -0.15) is 15.8 Å². The van der Waals surface area contributed by atoms with Gasteiger partial charge in [-0.15, -0.1) is 0 Å². The molecule has 2 aromatic rings. The molecule has 0 aliphatic carbocycles. The van der Waals surface area contributed by atoms with Crippen LogP contribution in [-0.4, -0.2) is 52.5 Å². The second-order valence-electron chi connectivity index (χ2n) is 17.0. The number of allylic oxidation sites excluding steroid dienone is 2. The van der Waals surface area contributed by atoms with Crippen LogP contribution in [0.2, 0.25) is 18.1 Å². The number of nitriles is 3. The van der Waals surface area contributed by atoms with Crippen LogP contribution in [0, 0.1) is 45.8 Å². The lowest BCUT2D eigenvalue weighted by Crippen LogP contribution is -2.42. The van der Waals surface area contributed by atoms with Gasteiger partial charge in [0.2, 0.25) is 0 Å². The number of hydrogen-bond donors (Lipinski definition) is 0. The Morgan fingerprint density at radius 3 is 1.88 bits per heavy atom. The highest BCUT2D eigenvalue weighted by Crippen LogP contribution is 2.37. The number of likely N-dealkylation sites (N-methyl/N-ethyl adjacent to an activating group) is 1. The molecule has 0 bridgehead atoms. The summed E-state index contributed by atoms with van der Waals surface area (Å²) < 4.78 is 19.1. The molecule has 0 saturated heterocycles. The Labute approximate surface area is 350 Å². The zero-order chi connectivity index (χ0) is 42.9. The van der Waals surface area contributed by atoms with Crippen LogP contribution in [-0.2, 0) is 15.8 Å². The van der Waals surface area contributed by atoms with Crippen molar-refractivity contribution >= 4 is 26.0 Å². The molecule has 2 atom stereocenters. The highest BCUT2D eigenvalue weighted by molar-refractivity contribution is 6.74. The zero-order valence-corrected chi connectivity index (χ0v) is 37.9. The molecule has 1 heterocycles. The molecular weight excluding hydrogens is 739 g/mol. The summed E-state index contributed by atoms with van der Waals surface area (Å²) in [4.78, 5) is 17.7. The van der Waals surface area contributed by atoms with Crippen LogP contribution in [0.3, 0.4) is 0 Å². The molecule has 9 nitrogen and oxygen atoms in total. The van der Waals surface area contributed by atoms with Crippen molar-refractivity contribution in [3.05, 3.63) is 82.1 Å². The zero-order valence-electron chi connectivity index (χ0n) is 36.9. The number of nitrogens with zero attached hydrogens (tertiary/aromatic N) is 5. The molecule has 1 aliphatic heterocycles. The minimum absolute atomic E-state index is 0.00950. The predicted octanol–water partition coefficient (Wildman–Crippen LogP) is 11.5. The third-order valence-electron chi connectivity index (χ3n) is 11.6. The predicted molar refractivity (Wildman–Crippen MR) is 237 cm³/mol. The summed E-state index contributed by atoms with van der Waals surface area (Å²) in [5.41, 5.74) is 2.39. The number of unbranched alkanes of at least 4 members (excludes halogenated alkanes) is 2. The number of rotatable bonds is 23. The average Bonchev–Trinajstić information content (AvgIpc) is 3.46. The van der Waals surface area contributed by atoms with Gasteiger partial charge in [0.05, 0.1) is 43.2 Å². The van der Waals surface area contributed by atoms with Crippen molar-refractivity contribution in [1.82, 2.24) is 4.90 Å². The molecular formula is C48H67N5O4Si. The summed E-state index contributed by atoms with van der Waals surface area (Å²) >= 11 is 0. The van der Waals surface area contributed by atoms with Crippen molar-refractivity contribution in [2.75, 3.05) is 38.3 Å². The summed E-state index contributed by atoms with van der Waals surface area (Å²) in [6, 6.07) is 19.6. The van der Waals surface area contributed by atoms with Crippen molar-refractivity contribution in [2.45, 2.75) is 125 Å². The van der Waals surface area contributed by atoms with Crippen LogP contribution >= 0.6 is 0 Å². The minimum Gasteiger partial charge on any atom is -0.493 e. The molecule has 2 unspecified atom stereocenters. The monoisotopic (exact) mass is 805 g/mol. The van der Waals surface area contributed by atoms with E-state index in [2.05, 4.69) is 72.5 Å². The summed E-state index contributed by atoms with van der Waals surface area (Å²) in [5, 5.41) is 30.5. The Hall–Kier alpha value is -4.82. The van der Waals surface area contributed by atoms with Crippen LogP contribution in [0.5, 0.6) is 11.5 Å². The smallest absolute Gasteiger partial charge is 0.260 e. The molecule has 3 rings (SSSR count). The van der Waals surface area contributed by atoms with E-state index in [1.54, 1.807) is 12.2 Å². The maximum Gasteiger partial charge on any atom is 0.260 e. The third kappa shape index (κ3) is 13.4. The van der Waals surface area contributed by atoms with Gasteiger partial charge in [0, 0.05) is 25.3 Å². The van der Waals surface area contributed by atoms with Crippen LogP contribution in [0.4, 0.5) is 5.69 Å². The molecule has 1 aliphatic rings. The third-order valence-corrected chi connectivity index (χ3v) is 16.2. The second-order valence-corrected chi connectivity index (χ2v) is 21.8. The molecule has 58 heavy (non-hydrogen) atoms. The van der Waals surface area contributed by atoms with Crippen molar-refractivity contribution in [3.8, 4) is 29.7 Å². The van der Waals surface area contributed by atoms with Gasteiger partial charge in [0.1, 0.15) is 29.7 Å². The van der Waals surface area contributed by atoms with E-state index in [0.29, 0.717) is 48.7 Å². The number of carbonyl (C=O) groups is 1. The van der Waals surface area contributed by atoms with Crippen molar-refractivity contribution in [1.29, 1.82) is 15.8 Å². The first kappa shape index (κ1) is 47.6. The van der Waals surface area contributed by atoms with Crippen molar-refractivity contribution < 1.29 is 18.7 Å². The van der Waals surface area contributed by atoms with Gasteiger partial charge >= 0.3 is 0 Å². The van der Waals surface area contributed by atoms with E-state index in [0.717, 1.165) is 69.2 Å². The van der Waals surface area contributed by atoms with Gasteiger partial charge in [-0.3, -0.25) is 4.79 Å². The molecule has 0 N–H and O–H groups in total. The lowest BCUT2D eigenvalue weighted by atomic mass is 10.0. The summed E-state index contributed by atoms with van der Waals surface area (Å²) in [5.74, 6) is 1.63. The molecule has 1 amide bonds. The van der Waals surface area contributed by atoms with Gasteiger partial charge in [-0.05, 0) is 84.3 Å². The van der Waals surface area contributed by atoms with E-state index in [4.69, 9.17) is 13.9 Å². The fourth-order valence-corrected chi connectivity index (χ4v) is 7.56. The SMILES string of the molecule is CCCCC(CC)COc1cc(CN2C(=O)C(/C=C/c3ccc(N(C)CCO[Si](C)(C)C(C)(C)C)cc3)=C(C#N)C2=C(C#N)C#N)cc(OCC(CC)CCCC)c1. The molecule has 10 heteroatoms. The normalized spacial score (nSPS) is 14.3. The lowest BCUT2D eigenvalue weighted by Gasteiger charge is -2.36. The van der Waals surface area contributed by atoms with Gasteiger partial charge in [0.25, 0.3) is 5.91 Å². The Morgan fingerprint density at radius 2 is 1.41 bits per heavy atom. The molecule has 2 aromatic carbocycles. The first-order valence-corrected chi connectivity index (χ1v) is 24.1. The highest BCUT2D eigenvalue weighted by atomic mass is 28.4. The first-order chi connectivity index (χ1) is 27.7. The fraction of sp³-hybridized carbons (Fsp3) is 0.542. The van der Waals surface area contributed by atoms with Gasteiger partial charge in [-0.25, -0.2) is 0 Å². The molecule has 0 fully saturated rings. The molecule has 312 valence electrons. The van der Waals surface area contributed by atoms with E-state index >= 15 is 0 Å². The van der Waals surface area contributed by atoms with E-state index in [9.17, 15) is 20.6 Å². The van der Waals surface area contributed by atoms with Crippen LogP contribution in [0.25, 0.3) is 6.08 Å². The quantitative estimate of drug-likeness (QED) is 0.0803. The largest absolute Gasteiger partial charge is 0.493 e. The Bertz CT molecular complexity index is 1830. The van der Waals surface area contributed by atoms with E-state index in [1.807, 2.05) is 61.7 Å². The Kier molecular flexibility index (Phi) is 18.8. The highest BCUT2D eigenvalue weighted by Gasteiger charge is 2.38. The van der Waals surface area contributed by atoms with Crippen molar-refractivity contribution in [2.24, 2.45) is 11.8 Å². The first-order valence-electron chi connectivity index (χ1n) is 21.2. The maximum atomic E-state index is 14.2. The van der Waals surface area contributed by atoms with Crippen LogP contribution in [0.15, 0.2) is 71.0 Å². The number of carbonyl (C=O) groups excluding carboxylic acids is 1. The Balaban J connectivity index is 1.91. The number of amides is 1. The molecule has 0 spiro atoms. The number of anilines is 1. The summed E-state index contributed by atoms with van der Waals surface area (Å²) in [6.07, 6.45) is 12.1. The Morgan fingerprint density at radius 1 is 0.862 bits per heavy atom. The average molecular weight is 806 g/mol. The number of benzene rings is 2. The topological polar surface area (TPSA) is 123 Å². The second kappa shape index (κ2) is 22.9. The lowest BCUT2D eigenvalue weighted by molar-refractivity contribution is -0.124. The molecule has 0 aromatic heterocycles. The standard InChI is InChI=1S/C48H67N5O4Si/c1-11-15-17-36(13-3)34-55-42-27-39(28-43(29-42)56-35-37(14-4)18-16-12-2)33-53-46(40(30-49)31-50)45(32-51)44(47(53)54)24-21-38-19-22-41(23-20-38)52(8)25-26-57-58(9,10)48(5,6)7/h19-24,27-29,36-37H,11-18,25-26,33-35H2,1-10H3/b24-21+. The maximum absolute atomic E-state index is 14.2. The van der Waals surface area contributed by atoms with Crippen LogP contribution in [0.1, 0.15) is 111 Å². The van der Waals surface area contributed by atoms with Crippen LogP contribution < -0.4 is 14.4 Å². The van der Waals surface area contributed by atoms with Gasteiger partial charge in [-0.1, -0.05) is 105 Å². The van der Waals surface area contributed by atoms with Gasteiger partial charge in [0.15, 0.2) is 13.9 Å². The fourth-order valence-electron chi connectivity index (χ4n) is 6.52. The summed E-state index contributed by atoms with van der Waals surface area (Å²) in [7, 11) is 0.196. The van der Waals surface area contributed by atoms with E-state index < -0.39 is 14.2 Å².